The molecule has 4 heteroatoms. The van der Waals surface area contributed by atoms with Crippen molar-refractivity contribution >= 4 is 22.7 Å². The average molecular weight is 290 g/mol. The molecule has 1 unspecified atom stereocenters. The number of aryl methyl sites for hydroxylation is 1. The maximum atomic E-state index is 11.2. The summed E-state index contributed by atoms with van der Waals surface area (Å²) >= 11 is 1.85. The molecule has 1 aliphatic heterocycles. The number of thioether (sulfide) groups is 1. The zero-order valence-electron chi connectivity index (χ0n) is 12.4. The largest absolute Gasteiger partial charge is 0.388 e. The lowest BCUT2D eigenvalue weighted by molar-refractivity contribution is -0.0518. The molecule has 0 bridgehead atoms. The predicted octanol–water partition coefficient (Wildman–Crippen LogP) is 3.01. The monoisotopic (exact) mass is 290 g/mol. The first-order chi connectivity index (χ1) is 9.43. The number of nitrogens with zero attached hydrogens (tertiary/aromatic N) is 2. The van der Waals surface area contributed by atoms with Gasteiger partial charge in [-0.2, -0.15) is 16.9 Å². The van der Waals surface area contributed by atoms with Crippen molar-refractivity contribution in [3.63, 3.8) is 0 Å². The molecule has 1 saturated heterocycles. The Morgan fingerprint density at radius 3 is 2.85 bits per heavy atom. The third kappa shape index (κ3) is 2.15. The van der Waals surface area contributed by atoms with Gasteiger partial charge < -0.3 is 5.11 Å². The Bertz CT molecular complexity index is 634. The van der Waals surface area contributed by atoms with Gasteiger partial charge in [0.05, 0.1) is 16.8 Å². The molecule has 1 aliphatic rings. The van der Waals surface area contributed by atoms with Gasteiger partial charge in [0.15, 0.2) is 0 Å². The first-order valence-corrected chi connectivity index (χ1v) is 8.29. The van der Waals surface area contributed by atoms with Crippen LogP contribution < -0.4 is 0 Å². The highest BCUT2D eigenvalue weighted by molar-refractivity contribution is 7.99. The summed E-state index contributed by atoms with van der Waals surface area (Å²) in [7, 11) is 1.97. The van der Waals surface area contributed by atoms with Crippen molar-refractivity contribution < 1.29 is 5.11 Å². The van der Waals surface area contributed by atoms with Gasteiger partial charge in [-0.15, -0.1) is 0 Å². The van der Waals surface area contributed by atoms with Gasteiger partial charge in [0, 0.05) is 24.6 Å². The second-order valence-electron chi connectivity index (χ2n) is 6.48. The van der Waals surface area contributed by atoms with E-state index in [1.54, 1.807) is 0 Å². The Kier molecular flexibility index (Phi) is 3.33. The van der Waals surface area contributed by atoms with E-state index in [1.807, 2.05) is 35.6 Å². The highest BCUT2D eigenvalue weighted by Gasteiger charge is 2.46. The number of para-hydroxylation sites is 1. The van der Waals surface area contributed by atoms with Gasteiger partial charge in [0.2, 0.25) is 0 Å². The van der Waals surface area contributed by atoms with Crippen LogP contribution in [0.3, 0.4) is 0 Å². The summed E-state index contributed by atoms with van der Waals surface area (Å²) in [4.78, 5) is 0. The van der Waals surface area contributed by atoms with Crippen molar-refractivity contribution in [3.8, 4) is 0 Å². The van der Waals surface area contributed by atoms with Gasteiger partial charge in [-0.1, -0.05) is 32.0 Å². The molecular formula is C16H22N2OS. The minimum atomic E-state index is -0.674. The van der Waals surface area contributed by atoms with E-state index in [0.717, 1.165) is 34.5 Å². The molecular weight excluding hydrogens is 268 g/mol. The van der Waals surface area contributed by atoms with E-state index in [4.69, 9.17) is 0 Å². The Morgan fingerprint density at radius 1 is 1.35 bits per heavy atom. The SMILES string of the molecule is Cn1nc(CC2(O)CSCCC2(C)C)c2ccccc21. The van der Waals surface area contributed by atoms with E-state index < -0.39 is 5.60 Å². The van der Waals surface area contributed by atoms with Crippen LogP contribution in [-0.4, -0.2) is 32.0 Å². The maximum absolute atomic E-state index is 11.2. The fraction of sp³-hybridized carbons (Fsp3) is 0.562. The van der Waals surface area contributed by atoms with Gasteiger partial charge in [-0.25, -0.2) is 0 Å². The third-order valence-corrected chi connectivity index (χ3v) is 5.94. The lowest BCUT2D eigenvalue weighted by Crippen LogP contribution is -2.51. The zero-order valence-corrected chi connectivity index (χ0v) is 13.2. The second-order valence-corrected chi connectivity index (χ2v) is 7.59. The number of hydrogen-bond donors (Lipinski definition) is 1. The number of fused-ring (bicyclic) bond motifs is 1. The van der Waals surface area contributed by atoms with Crippen LogP contribution in [0.4, 0.5) is 0 Å². The van der Waals surface area contributed by atoms with Gasteiger partial charge in [0.1, 0.15) is 0 Å². The normalized spacial score (nSPS) is 26.0. The first kappa shape index (κ1) is 14.0. The van der Waals surface area contributed by atoms with Crippen LogP contribution in [0.2, 0.25) is 0 Å². The zero-order chi connectivity index (χ0) is 14.4. The Morgan fingerprint density at radius 2 is 2.10 bits per heavy atom. The van der Waals surface area contributed by atoms with Crippen LogP contribution in [0.1, 0.15) is 26.0 Å². The molecule has 0 amide bonds. The summed E-state index contributed by atoms with van der Waals surface area (Å²) in [6.07, 6.45) is 1.69. The number of benzene rings is 1. The lowest BCUT2D eigenvalue weighted by atomic mass is 9.71. The summed E-state index contributed by atoms with van der Waals surface area (Å²) in [6.45, 7) is 4.36. The summed E-state index contributed by atoms with van der Waals surface area (Å²) in [5.74, 6) is 1.93. The van der Waals surface area contributed by atoms with Crippen LogP contribution >= 0.6 is 11.8 Å². The molecule has 0 radical (unpaired) electrons. The van der Waals surface area contributed by atoms with Crippen molar-refractivity contribution in [2.45, 2.75) is 32.3 Å². The molecule has 1 fully saturated rings. The van der Waals surface area contributed by atoms with Crippen molar-refractivity contribution in [1.29, 1.82) is 0 Å². The van der Waals surface area contributed by atoms with Crippen molar-refractivity contribution in [2.75, 3.05) is 11.5 Å². The molecule has 1 aromatic heterocycles. The molecule has 3 nitrogen and oxygen atoms in total. The quantitative estimate of drug-likeness (QED) is 0.924. The van der Waals surface area contributed by atoms with Gasteiger partial charge in [0.25, 0.3) is 0 Å². The average Bonchev–Trinajstić information content (AvgIpc) is 2.71. The Balaban J connectivity index is 2.00. The topological polar surface area (TPSA) is 38.0 Å². The highest BCUT2D eigenvalue weighted by atomic mass is 32.2. The number of hydrogen-bond acceptors (Lipinski definition) is 3. The molecule has 3 rings (SSSR count). The molecule has 108 valence electrons. The molecule has 1 atom stereocenters. The van der Waals surface area contributed by atoms with E-state index in [2.05, 4.69) is 31.1 Å². The van der Waals surface area contributed by atoms with Crippen molar-refractivity contribution in [3.05, 3.63) is 30.0 Å². The third-order valence-electron chi connectivity index (χ3n) is 4.77. The van der Waals surface area contributed by atoms with E-state index >= 15 is 0 Å². The molecule has 0 aliphatic carbocycles. The molecule has 0 spiro atoms. The Labute approximate surface area is 124 Å². The van der Waals surface area contributed by atoms with E-state index in [1.165, 1.54) is 0 Å². The van der Waals surface area contributed by atoms with Crippen LogP contribution in [0.15, 0.2) is 24.3 Å². The predicted molar refractivity (Wildman–Crippen MR) is 85.1 cm³/mol. The summed E-state index contributed by atoms with van der Waals surface area (Å²) < 4.78 is 1.91. The molecule has 1 N–H and O–H groups in total. The van der Waals surface area contributed by atoms with Gasteiger partial charge in [-0.05, 0) is 23.7 Å². The first-order valence-electron chi connectivity index (χ1n) is 7.14. The standard InChI is InChI=1S/C16H22N2OS/c1-15(2)8-9-20-11-16(15,19)10-13-12-6-4-5-7-14(12)18(3)17-13/h4-7,19H,8-11H2,1-3H3. The minimum Gasteiger partial charge on any atom is -0.388 e. The summed E-state index contributed by atoms with van der Waals surface area (Å²) in [6, 6.07) is 8.25. The summed E-state index contributed by atoms with van der Waals surface area (Å²) in [5.41, 5.74) is 1.41. The van der Waals surface area contributed by atoms with Crippen LogP contribution in [0.5, 0.6) is 0 Å². The maximum Gasteiger partial charge on any atom is 0.0844 e. The molecule has 2 heterocycles. The number of rotatable bonds is 2. The van der Waals surface area contributed by atoms with Crippen LogP contribution in [0, 0.1) is 5.41 Å². The minimum absolute atomic E-state index is 0.0587. The molecule has 20 heavy (non-hydrogen) atoms. The van der Waals surface area contributed by atoms with E-state index in [-0.39, 0.29) is 5.41 Å². The number of aromatic nitrogens is 2. The van der Waals surface area contributed by atoms with Gasteiger partial charge >= 0.3 is 0 Å². The molecule has 1 aromatic carbocycles. The van der Waals surface area contributed by atoms with Crippen molar-refractivity contribution in [1.82, 2.24) is 9.78 Å². The Hall–Kier alpha value is -1.00. The van der Waals surface area contributed by atoms with Gasteiger partial charge in [-0.3, -0.25) is 4.68 Å². The molecule has 2 aromatic rings. The van der Waals surface area contributed by atoms with Crippen molar-refractivity contribution in [2.24, 2.45) is 12.5 Å². The number of aliphatic hydroxyl groups is 1. The van der Waals surface area contributed by atoms with Crippen LogP contribution in [0.25, 0.3) is 10.9 Å². The van der Waals surface area contributed by atoms with E-state index in [0.29, 0.717) is 6.42 Å². The van der Waals surface area contributed by atoms with Crippen LogP contribution in [-0.2, 0) is 13.5 Å². The smallest absolute Gasteiger partial charge is 0.0844 e. The highest BCUT2D eigenvalue weighted by Crippen LogP contribution is 2.44. The fourth-order valence-corrected chi connectivity index (χ4v) is 4.61. The fourth-order valence-electron chi connectivity index (χ4n) is 2.98. The summed E-state index contributed by atoms with van der Waals surface area (Å²) in [5, 5.41) is 17.0. The molecule has 0 saturated carbocycles. The lowest BCUT2D eigenvalue weighted by Gasteiger charge is -2.46. The van der Waals surface area contributed by atoms with E-state index in [9.17, 15) is 5.11 Å². The second kappa shape index (κ2) is 4.78.